The minimum Gasteiger partial charge on any atom is -0.198 e. The Labute approximate surface area is 163 Å². The van der Waals surface area contributed by atoms with Gasteiger partial charge in [0.25, 0.3) is 0 Å². The normalized spacial score (nSPS) is 40.6. The Bertz CT molecular complexity index is 455. The fourth-order valence-electron chi connectivity index (χ4n) is 6.87. The molecule has 3 rings (SSSR count). The summed E-state index contributed by atoms with van der Waals surface area (Å²) in [5, 5.41) is 10.1. The topological polar surface area (TPSA) is 23.8 Å². The largest absolute Gasteiger partial charge is 0.198 e. The van der Waals surface area contributed by atoms with Crippen molar-refractivity contribution in [1.29, 1.82) is 5.26 Å². The van der Waals surface area contributed by atoms with Crippen LogP contribution < -0.4 is 0 Å². The Hall–Kier alpha value is -0.510. The molecule has 3 saturated carbocycles. The molecule has 0 spiro atoms. The zero-order valence-electron chi connectivity index (χ0n) is 17.6. The zero-order chi connectivity index (χ0) is 18.4. The van der Waals surface area contributed by atoms with Crippen LogP contribution >= 0.6 is 0 Å². The fourth-order valence-corrected chi connectivity index (χ4v) is 6.87. The van der Waals surface area contributed by atoms with Crippen molar-refractivity contribution in [2.24, 2.45) is 35.0 Å². The number of unbranched alkanes of at least 4 members (excludes halogenated alkanes) is 2. The molecule has 4 unspecified atom stereocenters. The third-order valence-corrected chi connectivity index (χ3v) is 8.62. The van der Waals surface area contributed by atoms with Gasteiger partial charge in [-0.1, -0.05) is 71.6 Å². The summed E-state index contributed by atoms with van der Waals surface area (Å²) in [6.45, 7) is 4.62. The number of nitrogens with zero attached hydrogens (tertiary/aromatic N) is 1. The van der Waals surface area contributed by atoms with Crippen molar-refractivity contribution in [1.82, 2.24) is 0 Å². The average Bonchev–Trinajstić information content (AvgIpc) is 2.70. The quantitative estimate of drug-likeness (QED) is 0.454. The van der Waals surface area contributed by atoms with Gasteiger partial charge in [0.05, 0.1) is 11.5 Å². The second kappa shape index (κ2) is 9.61. The summed E-state index contributed by atoms with van der Waals surface area (Å²) >= 11 is 0. The lowest BCUT2D eigenvalue weighted by atomic mass is 9.53. The molecular formula is C25H43N. The molecule has 0 aromatic heterocycles. The van der Waals surface area contributed by atoms with Crippen LogP contribution in [0.1, 0.15) is 117 Å². The minimum absolute atomic E-state index is 0.0610. The Balaban J connectivity index is 1.51. The Kier molecular flexibility index (Phi) is 7.48. The molecule has 0 aromatic carbocycles. The van der Waals surface area contributed by atoms with Gasteiger partial charge in [-0.05, 0) is 74.5 Å². The maximum atomic E-state index is 10.1. The molecule has 3 aliphatic rings. The van der Waals surface area contributed by atoms with Gasteiger partial charge in [-0.25, -0.2) is 0 Å². The van der Waals surface area contributed by atoms with Gasteiger partial charge in [0, 0.05) is 0 Å². The molecule has 1 nitrogen and oxygen atoms in total. The highest BCUT2D eigenvalue weighted by Crippen LogP contribution is 2.56. The summed E-state index contributed by atoms with van der Waals surface area (Å²) in [7, 11) is 0. The van der Waals surface area contributed by atoms with E-state index >= 15 is 0 Å². The molecule has 0 saturated heterocycles. The highest BCUT2D eigenvalue weighted by Gasteiger charge is 2.48. The molecule has 0 heterocycles. The van der Waals surface area contributed by atoms with Gasteiger partial charge in [0.1, 0.15) is 0 Å². The van der Waals surface area contributed by atoms with Crippen LogP contribution in [-0.2, 0) is 0 Å². The number of nitriles is 1. The van der Waals surface area contributed by atoms with Crippen molar-refractivity contribution in [2.75, 3.05) is 0 Å². The number of hydrogen-bond acceptors (Lipinski definition) is 1. The van der Waals surface area contributed by atoms with Gasteiger partial charge in [-0.2, -0.15) is 5.26 Å². The van der Waals surface area contributed by atoms with Gasteiger partial charge in [-0.3, -0.25) is 0 Å². The van der Waals surface area contributed by atoms with E-state index in [-0.39, 0.29) is 5.41 Å². The van der Waals surface area contributed by atoms with Gasteiger partial charge in [-0.15, -0.1) is 0 Å². The van der Waals surface area contributed by atoms with Crippen LogP contribution in [0.15, 0.2) is 0 Å². The van der Waals surface area contributed by atoms with E-state index in [1.165, 1.54) is 103 Å². The van der Waals surface area contributed by atoms with Crippen molar-refractivity contribution < 1.29 is 0 Å². The molecule has 0 aliphatic heterocycles. The summed E-state index contributed by atoms with van der Waals surface area (Å²) in [4.78, 5) is 0. The lowest BCUT2D eigenvalue weighted by Gasteiger charge is -2.50. The number of rotatable bonds is 7. The maximum Gasteiger partial charge on any atom is 0.0692 e. The number of hydrogen-bond donors (Lipinski definition) is 0. The Morgan fingerprint density at radius 2 is 1.46 bits per heavy atom. The van der Waals surface area contributed by atoms with E-state index in [1.807, 2.05) is 0 Å². The lowest BCUT2D eigenvalue weighted by Crippen LogP contribution is -2.42. The molecule has 4 atom stereocenters. The molecule has 3 fully saturated rings. The van der Waals surface area contributed by atoms with Crippen molar-refractivity contribution >= 4 is 0 Å². The molecule has 148 valence electrons. The molecule has 26 heavy (non-hydrogen) atoms. The van der Waals surface area contributed by atoms with Crippen LogP contribution in [0.4, 0.5) is 0 Å². The maximum absolute atomic E-state index is 10.1. The van der Waals surface area contributed by atoms with Crippen molar-refractivity contribution in [2.45, 2.75) is 117 Å². The van der Waals surface area contributed by atoms with E-state index in [2.05, 4.69) is 19.9 Å². The summed E-state index contributed by atoms with van der Waals surface area (Å²) in [5.74, 6) is 4.53. The fraction of sp³-hybridized carbons (Fsp3) is 0.960. The first-order valence-electron chi connectivity index (χ1n) is 12.1. The van der Waals surface area contributed by atoms with E-state index in [9.17, 15) is 5.26 Å². The second-order valence-corrected chi connectivity index (χ2v) is 10.2. The summed E-state index contributed by atoms with van der Waals surface area (Å²) < 4.78 is 0. The third-order valence-electron chi connectivity index (χ3n) is 8.62. The minimum atomic E-state index is 0.0610. The molecule has 0 amide bonds. The SMILES string of the molecule is CCCCC1CCC(C2CCC3(C#N)CC(CCCC)CCC3C2)CC1. The highest BCUT2D eigenvalue weighted by atomic mass is 14.5. The van der Waals surface area contributed by atoms with Gasteiger partial charge >= 0.3 is 0 Å². The van der Waals surface area contributed by atoms with E-state index in [4.69, 9.17) is 0 Å². The van der Waals surface area contributed by atoms with Gasteiger partial charge < -0.3 is 0 Å². The van der Waals surface area contributed by atoms with E-state index < -0.39 is 0 Å². The van der Waals surface area contributed by atoms with Gasteiger partial charge in [0.15, 0.2) is 0 Å². The van der Waals surface area contributed by atoms with Crippen molar-refractivity contribution in [3.05, 3.63) is 0 Å². The molecule has 0 aromatic rings. The van der Waals surface area contributed by atoms with Crippen LogP contribution in [0.5, 0.6) is 0 Å². The third kappa shape index (κ3) is 4.66. The standard InChI is InChI=1S/C25H43N/c1-3-5-7-20-9-12-22(13-10-20)23-15-16-25(19-26)18-21(8-6-4-2)11-14-24(25)17-23/h20-24H,3-18H2,1-2H3. The van der Waals surface area contributed by atoms with Crippen LogP contribution in [0.3, 0.4) is 0 Å². The average molecular weight is 358 g/mol. The van der Waals surface area contributed by atoms with E-state index in [0.29, 0.717) is 0 Å². The molecule has 0 bridgehead atoms. The molecule has 0 N–H and O–H groups in total. The summed E-state index contributed by atoms with van der Waals surface area (Å²) in [6.07, 6.45) is 22.2. The van der Waals surface area contributed by atoms with E-state index in [1.54, 1.807) is 0 Å². The Morgan fingerprint density at radius 3 is 2.12 bits per heavy atom. The lowest BCUT2D eigenvalue weighted by molar-refractivity contribution is 0.0147. The summed E-state index contributed by atoms with van der Waals surface area (Å²) in [5.41, 5.74) is 0.0610. The number of fused-ring (bicyclic) bond motifs is 1. The smallest absolute Gasteiger partial charge is 0.0692 e. The molecule has 3 aliphatic carbocycles. The first-order valence-corrected chi connectivity index (χ1v) is 12.1. The van der Waals surface area contributed by atoms with Crippen LogP contribution in [0.2, 0.25) is 0 Å². The monoisotopic (exact) mass is 357 g/mol. The van der Waals surface area contributed by atoms with Crippen LogP contribution in [0, 0.1) is 46.3 Å². The highest BCUT2D eigenvalue weighted by molar-refractivity contribution is 5.09. The molecule has 0 radical (unpaired) electrons. The predicted molar refractivity (Wildman–Crippen MR) is 111 cm³/mol. The first kappa shape index (κ1) is 20.2. The van der Waals surface area contributed by atoms with Crippen molar-refractivity contribution in [3.8, 4) is 6.07 Å². The zero-order valence-corrected chi connectivity index (χ0v) is 17.6. The van der Waals surface area contributed by atoms with E-state index in [0.717, 1.165) is 29.6 Å². The summed E-state index contributed by atoms with van der Waals surface area (Å²) in [6, 6.07) is 2.88. The van der Waals surface area contributed by atoms with Crippen LogP contribution in [-0.4, -0.2) is 0 Å². The first-order chi connectivity index (χ1) is 12.7. The van der Waals surface area contributed by atoms with Crippen LogP contribution in [0.25, 0.3) is 0 Å². The van der Waals surface area contributed by atoms with Gasteiger partial charge in [0.2, 0.25) is 0 Å². The second-order valence-electron chi connectivity index (χ2n) is 10.2. The molecule has 1 heteroatoms. The van der Waals surface area contributed by atoms with Crippen molar-refractivity contribution in [3.63, 3.8) is 0 Å². The predicted octanol–water partition coefficient (Wildman–Crippen LogP) is 7.90. The Morgan fingerprint density at radius 1 is 0.808 bits per heavy atom. The molecular weight excluding hydrogens is 314 g/mol.